The number of rotatable bonds is 3. The number of imide groups is 1. The van der Waals surface area contributed by atoms with Gasteiger partial charge in [0, 0.05) is 11.1 Å². The average Bonchev–Trinajstić information content (AvgIpc) is 2.89. The molecule has 3 rings (SSSR count). The number of nitrogens with zero attached hydrogens (tertiary/aromatic N) is 1. The third-order valence-electron chi connectivity index (χ3n) is 3.51. The van der Waals surface area contributed by atoms with Crippen molar-refractivity contribution in [2.24, 2.45) is 0 Å². The first kappa shape index (κ1) is 17.3. The molecule has 2 aromatic rings. The Bertz CT molecular complexity index is 893. The number of thiocarbonyl (C=S) groups is 1. The molecule has 126 valence electrons. The van der Waals surface area contributed by atoms with Gasteiger partial charge < -0.3 is 4.74 Å². The van der Waals surface area contributed by atoms with Crippen LogP contribution in [0.2, 0.25) is 0 Å². The maximum atomic E-state index is 13.0. The fourth-order valence-electron chi connectivity index (χ4n) is 2.29. The summed E-state index contributed by atoms with van der Waals surface area (Å²) in [6, 6.07) is 12.2. The van der Waals surface area contributed by atoms with E-state index >= 15 is 0 Å². The summed E-state index contributed by atoms with van der Waals surface area (Å²) in [5.41, 5.74) is 0.899. The molecule has 0 atom stereocenters. The predicted octanol–water partition coefficient (Wildman–Crippen LogP) is 3.88. The van der Waals surface area contributed by atoms with Gasteiger partial charge in [0.05, 0.1) is 12.0 Å². The maximum absolute atomic E-state index is 13.0. The van der Waals surface area contributed by atoms with Gasteiger partial charge in [-0.05, 0) is 36.4 Å². The Morgan fingerprint density at radius 1 is 1.20 bits per heavy atom. The molecule has 0 radical (unpaired) electrons. The summed E-state index contributed by atoms with van der Waals surface area (Å²) >= 11 is 6.22. The largest absolute Gasteiger partial charge is 0.496 e. The van der Waals surface area contributed by atoms with E-state index in [4.69, 9.17) is 17.0 Å². The molecule has 0 N–H and O–H groups in total. The molecule has 25 heavy (non-hydrogen) atoms. The second-order valence-electron chi connectivity index (χ2n) is 5.07. The van der Waals surface area contributed by atoms with E-state index in [0.29, 0.717) is 16.2 Å². The molecule has 1 fully saturated rings. The molecule has 2 amide bonds. The van der Waals surface area contributed by atoms with Crippen molar-refractivity contribution in [2.45, 2.75) is 0 Å². The van der Waals surface area contributed by atoms with Crippen molar-refractivity contribution in [3.05, 3.63) is 70.4 Å². The van der Waals surface area contributed by atoms with Gasteiger partial charge in [0.2, 0.25) is 0 Å². The van der Waals surface area contributed by atoms with Gasteiger partial charge in [-0.15, -0.1) is 0 Å². The molecular formula is C18H12FNO3S2. The summed E-state index contributed by atoms with van der Waals surface area (Å²) < 4.78 is 18.4. The van der Waals surface area contributed by atoms with Gasteiger partial charge in [-0.1, -0.05) is 42.2 Å². The maximum Gasteiger partial charge on any atom is 0.273 e. The summed E-state index contributed by atoms with van der Waals surface area (Å²) in [7, 11) is 1.54. The minimum Gasteiger partial charge on any atom is -0.496 e. The monoisotopic (exact) mass is 373 g/mol. The Kier molecular flexibility index (Phi) is 4.96. The first-order valence-electron chi connectivity index (χ1n) is 7.22. The van der Waals surface area contributed by atoms with E-state index in [1.54, 1.807) is 18.2 Å². The zero-order chi connectivity index (χ0) is 18.0. The second-order valence-corrected chi connectivity index (χ2v) is 6.75. The number of carbonyl (C=O) groups excluding carboxylic acids is 2. The summed E-state index contributed by atoms with van der Waals surface area (Å²) in [6.45, 7) is 0. The molecule has 7 heteroatoms. The normalized spacial score (nSPS) is 15.8. The lowest BCUT2D eigenvalue weighted by Crippen LogP contribution is -2.34. The van der Waals surface area contributed by atoms with Crippen LogP contribution in [0.15, 0.2) is 53.4 Å². The Hall–Kier alpha value is -2.51. The van der Waals surface area contributed by atoms with Crippen LogP contribution in [0.5, 0.6) is 5.75 Å². The van der Waals surface area contributed by atoms with E-state index in [0.717, 1.165) is 28.8 Å². The van der Waals surface area contributed by atoms with E-state index in [-0.39, 0.29) is 9.88 Å². The minimum absolute atomic E-state index is 0.139. The molecule has 2 aromatic carbocycles. The van der Waals surface area contributed by atoms with Gasteiger partial charge in [-0.3, -0.25) is 9.59 Å². The molecule has 0 bridgehead atoms. The van der Waals surface area contributed by atoms with Crippen molar-refractivity contribution in [1.82, 2.24) is 4.90 Å². The van der Waals surface area contributed by atoms with Crippen molar-refractivity contribution in [1.29, 1.82) is 0 Å². The van der Waals surface area contributed by atoms with Gasteiger partial charge in [-0.2, -0.15) is 0 Å². The predicted molar refractivity (Wildman–Crippen MR) is 98.7 cm³/mol. The van der Waals surface area contributed by atoms with E-state index in [2.05, 4.69) is 0 Å². The Morgan fingerprint density at radius 3 is 2.56 bits per heavy atom. The third kappa shape index (κ3) is 3.47. The van der Waals surface area contributed by atoms with E-state index in [1.165, 1.54) is 19.2 Å². The van der Waals surface area contributed by atoms with Crippen LogP contribution in [0.4, 0.5) is 4.39 Å². The minimum atomic E-state index is -0.578. The topological polar surface area (TPSA) is 46.6 Å². The van der Waals surface area contributed by atoms with Crippen molar-refractivity contribution < 1.29 is 18.7 Å². The van der Waals surface area contributed by atoms with Crippen LogP contribution in [-0.4, -0.2) is 28.1 Å². The van der Waals surface area contributed by atoms with Crippen LogP contribution in [0.3, 0.4) is 0 Å². The lowest BCUT2D eigenvalue weighted by Gasteiger charge is -2.12. The van der Waals surface area contributed by atoms with E-state index in [9.17, 15) is 14.0 Å². The number of hydrogen-bond acceptors (Lipinski definition) is 5. The second kappa shape index (κ2) is 7.16. The SMILES string of the molecule is COc1ccccc1/C=C1/SC(=S)N(C(=O)c2ccc(F)cc2)C1=O. The molecule has 0 aromatic heterocycles. The number of halogens is 1. The van der Waals surface area contributed by atoms with Crippen LogP contribution in [0.25, 0.3) is 6.08 Å². The number of amides is 2. The van der Waals surface area contributed by atoms with Gasteiger partial charge in [-0.25, -0.2) is 9.29 Å². The van der Waals surface area contributed by atoms with Crippen LogP contribution in [-0.2, 0) is 4.79 Å². The molecule has 4 nitrogen and oxygen atoms in total. The Labute approximate surface area is 153 Å². The summed E-state index contributed by atoms with van der Waals surface area (Å²) in [5, 5.41) is 0. The van der Waals surface area contributed by atoms with Crippen molar-refractivity contribution in [3.63, 3.8) is 0 Å². The number of thioether (sulfide) groups is 1. The number of hydrogen-bond donors (Lipinski definition) is 0. The highest BCUT2D eigenvalue weighted by Gasteiger charge is 2.37. The molecule has 1 aliphatic heterocycles. The van der Waals surface area contributed by atoms with Crippen molar-refractivity contribution in [2.75, 3.05) is 7.11 Å². The molecule has 1 saturated heterocycles. The van der Waals surface area contributed by atoms with Gasteiger partial charge >= 0.3 is 0 Å². The number of para-hydroxylation sites is 1. The molecule has 0 aliphatic carbocycles. The molecule has 0 saturated carbocycles. The first-order chi connectivity index (χ1) is 12.0. The van der Waals surface area contributed by atoms with Gasteiger partial charge in [0.15, 0.2) is 4.32 Å². The summed E-state index contributed by atoms with van der Waals surface area (Å²) in [6.07, 6.45) is 1.63. The number of carbonyl (C=O) groups is 2. The van der Waals surface area contributed by atoms with Crippen molar-refractivity contribution in [3.8, 4) is 5.75 Å². The van der Waals surface area contributed by atoms with Gasteiger partial charge in [0.25, 0.3) is 11.8 Å². The van der Waals surface area contributed by atoms with Crippen LogP contribution < -0.4 is 4.74 Å². The molecule has 0 spiro atoms. The van der Waals surface area contributed by atoms with E-state index in [1.807, 2.05) is 12.1 Å². The zero-order valence-electron chi connectivity index (χ0n) is 13.1. The zero-order valence-corrected chi connectivity index (χ0v) is 14.7. The quantitative estimate of drug-likeness (QED) is 0.464. The van der Waals surface area contributed by atoms with E-state index < -0.39 is 17.6 Å². The summed E-state index contributed by atoms with van der Waals surface area (Å²) in [5.74, 6) is -0.934. The standard InChI is InChI=1S/C18H12FNO3S2/c1-23-14-5-3-2-4-12(14)10-15-17(22)20(18(24)25-15)16(21)11-6-8-13(19)9-7-11/h2-10H,1H3/b15-10+. The smallest absolute Gasteiger partial charge is 0.273 e. The number of benzene rings is 2. The average molecular weight is 373 g/mol. The highest BCUT2D eigenvalue weighted by Crippen LogP contribution is 2.35. The fourth-order valence-corrected chi connectivity index (χ4v) is 3.54. The van der Waals surface area contributed by atoms with Crippen LogP contribution >= 0.6 is 24.0 Å². The van der Waals surface area contributed by atoms with Crippen LogP contribution in [0.1, 0.15) is 15.9 Å². The Morgan fingerprint density at radius 2 is 1.88 bits per heavy atom. The highest BCUT2D eigenvalue weighted by molar-refractivity contribution is 8.26. The number of ether oxygens (including phenoxy) is 1. The molecule has 1 heterocycles. The molecular weight excluding hydrogens is 361 g/mol. The van der Waals surface area contributed by atoms with Crippen LogP contribution in [0, 0.1) is 5.82 Å². The fraction of sp³-hybridized carbons (Fsp3) is 0.0556. The number of methoxy groups -OCH3 is 1. The highest BCUT2D eigenvalue weighted by atomic mass is 32.2. The van der Waals surface area contributed by atoms with Gasteiger partial charge in [0.1, 0.15) is 11.6 Å². The first-order valence-corrected chi connectivity index (χ1v) is 8.44. The van der Waals surface area contributed by atoms with Crippen molar-refractivity contribution >= 4 is 46.2 Å². The molecule has 0 unspecified atom stereocenters. The Balaban J connectivity index is 1.91. The summed E-state index contributed by atoms with van der Waals surface area (Å²) in [4.78, 5) is 26.4. The lowest BCUT2D eigenvalue weighted by molar-refractivity contribution is -0.120. The molecule has 1 aliphatic rings. The lowest BCUT2D eigenvalue weighted by atomic mass is 10.1. The third-order valence-corrected chi connectivity index (χ3v) is 4.82.